The molecule has 0 saturated carbocycles. The molecule has 1 N–H and O–H groups in total. The maximum Gasteiger partial charge on any atom is 0.269 e. The molecule has 1 amide bonds. The van der Waals surface area contributed by atoms with Crippen molar-refractivity contribution < 1.29 is 23.6 Å². The van der Waals surface area contributed by atoms with Crippen molar-refractivity contribution in [3.8, 4) is 33.2 Å². The number of hydrogen-bond donors (Lipinski definition) is 1. The SMILES string of the molecule is COc1ccc(C(=O)Nc2nc(-c3ccc(F)cc3)c(-c3ccc([N+](=O)[O-])cc3)s2)cc1OC. The lowest BCUT2D eigenvalue weighted by molar-refractivity contribution is -0.384. The van der Waals surface area contributed by atoms with Gasteiger partial charge in [-0.2, -0.15) is 0 Å². The second-order valence-electron chi connectivity index (χ2n) is 7.03. The Morgan fingerprint density at radius 1 is 0.971 bits per heavy atom. The number of halogens is 1. The minimum Gasteiger partial charge on any atom is -0.493 e. The third-order valence-electron chi connectivity index (χ3n) is 4.95. The van der Waals surface area contributed by atoms with Gasteiger partial charge in [0.2, 0.25) is 0 Å². The highest BCUT2D eigenvalue weighted by atomic mass is 32.1. The molecule has 172 valence electrons. The van der Waals surface area contributed by atoms with Crippen LogP contribution in [0.15, 0.2) is 66.7 Å². The van der Waals surface area contributed by atoms with E-state index >= 15 is 0 Å². The van der Waals surface area contributed by atoms with E-state index in [-0.39, 0.29) is 5.69 Å². The van der Waals surface area contributed by atoms with Crippen LogP contribution in [-0.2, 0) is 0 Å². The summed E-state index contributed by atoms with van der Waals surface area (Å²) in [5, 5.41) is 14.1. The number of amides is 1. The number of rotatable bonds is 7. The molecule has 4 rings (SSSR count). The fourth-order valence-electron chi connectivity index (χ4n) is 3.25. The Labute approximate surface area is 197 Å². The maximum absolute atomic E-state index is 13.5. The van der Waals surface area contributed by atoms with Crippen molar-refractivity contribution >= 4 is 28.1 Å². The van der Waals surface area contributed by atoms with Gasteiger partial charge in [0.05, 0.1) is 29.7 Å². The van der Waals surface area contributed by atoms with Gasteiger partial charge in [0, 0.05) is 23.3 Å². The fraction of sp³-hybridized carbons (Fsp3) is 0.0833. The first-order chi connectivity index (χ1) is 16.4. The number of hydrogen-bond acceptors (Lipinski definition) is 7. The molecule has 1 heterocycles. The fourth-order valence-corrected chi connectivity index (χ4v) is 4.24. The van der Waals surface area contributed by atoms with Gasteiger partial charge in [0.25, 0.3) is 11.6 Å². The highest BCUT2D eigenvalue weighted by Gasteiger charge is 2.19. The van der Waals surface area contributed by atoms with Crippen molar-refractivity contribution in [3.05, 3.63) is 88.2 Å². The molecule has 0 aliphatic carbocycles. The number of thiazole rings is 1. The standard InChI is InChI=1S/C24H18FN3O5S/c1-32-19-12-7-16(13-20(19)33-2)23(29)27-24-26-21(14-3-8-17(25)9-4-14)22(34-24)15-5-10-18(11-6-15)28(30)31/h3-13H,1-2H3,(H,26,27,29). The smallest absolute Gasteiger partial charge is 0.269 e. The zero-order valence-corrected chi connectivity index (χ0v) is 18.9. The van der Waals surface area contributed by atoms with Gasteiger partial charge in [0.1, 0.15) is 5.82 Å². The normalized spacial score (nSPS) is 10.6. The summed E-state index contributed by atoms with van der Waals surface area (Å²) >= 11 is 1.20. The summed E-state index contributed by atoms with van der Waals surface area (Å²) in [5.74, 6) is 0.105. The Morgan fingerprint density at radius 3 is 2.24 bits per heavy atom. The Morgan fingerprint density at radius 2 is 1.62 bits per heavy atom. The van der Waals surface area contributed by atoms with E-state index in [1.165, 1.54) is 49.8 Å². The van der Waals surface area contributed by atoms with Crippen molar-refractivity contribution in [1.82, 2.24) is 4.98 Å². The second-order valence-corrected chi connectivity index (χ2v) is 8.03. The zero-order chi connectivity index (χ0) is 24.2. The lowest BCUT2D eigenvalue weighted by atomic mass is 10.1. The molecule has 8 nitrogen and oxygen atoms in total. The maximum atomic E-state index is 13.5. The molecule has 0 spiro atoms. The Kier molecular flexibility index (Phi) is 6.51. The van der Waals surface area contributed by atoms with E-state index in [4.69, 9.17) is 9.47 Å². The Hall–Kier alpha value is -4.31. The minimum absolute atomic E-state index is 0.0430. The quantitative estimate of drug-likeness (QED) is 0.266. The summed E-state index contributed by atoms with van der Waals surface area (Å²) in [4.78, 5) is 28.6. The van der Waals surface area contributed by atoms with Gasteiger partial charge in [0.15, 0.2) is 16.6 Å². The summed E-state index contributed by atoms with van der Waals surface area (Å²) in [6.07, 6.45) is 0. The lowest BCUT2D eigenvalue weighted by Crippen LogP contribution is -2.12. The predicted octanol–water partition coefficient (Wildman–Crippen LogP) is 5.79. The molecule has 0 bridgehead atoms. The van der Waals surface area contributed by atoms with Gasteiger partial charge in [-0.25, -0.2) is 9.37 Å². The van der Waals surface area contributed by atoms with Crippen molar-refractivity contribution in [2.45, 2.75) is 0 Å². The first-order valence-corrected chi connectivity index (χ1v) is 10.8. The molecular weight excluding hydrogens is 461 g/mol. The van der Waals surface area contributed by atoms with E-state index in [1.807, 2.05) is 0 Å². The molecule has 0 saturated heterocycles. The Bertz CT molecular complexity index is 1350. The van der Waals surface area contributed by atoms with Crippen LogP contribution in [0.3, 0.4) is 0 Å². The van der Waals surface area contributed by atoms with E-state index in [9.17, 15) is 19.3 Å². The number of nitrogens with one attached hydrogen (secondary N) is 1. The first-order valence-electron chi connectivity index (χ1n) is 9.94. The van der Waals surface area contributed by atoms with Gasteiger partial charge in [-0.15, -0.1) is 0 Å². The number of nitro benzene ring substituents is 1. The molecule has 0 atom stereocenters. The predicted molar refractivity (Wildman–Crippen MR) is 127 cm³/mol. The van der Waals surface area contributed by atoms with E-state index < -0.39 is 16.6 Å². The summed E-state index contributed by atoms with van der Waals surface area (Å²) in [6, 6.07) is 16.6. The Balaban J connectivity index is 1.71. The molecule has 0 unspecified atom stereocenters. The summed E-state index contributed by atoms with van der Waals surface area (Å²) in [6.45, 7) is 0. The highest BCUT2D eigenvalue weighted by molar-refractivity contribution is 7.19. The number of methoxy groups -OCH3 is 2. The number of nitrogens with zero attached hydrogens (tertiary/aromatic N) is 2. The molecule has 1 aromatic heterocycles. The number of aromatic nitrogens is 1. The molecule has 3 aromatic carbocycles. The largest absolute Gasteiger partial charge is 0.493 e. The number of carbonyl (C=O) groups excluding carboxylic acids is 1. The third-order valence-corrected chi connectivity index (χ3v) is 5.97. The van der Waals surface area contributed by atoms with E-state index in [1.54, 1.807) is 42.5 Å². The van der Waals surface area contributed by atoms with Gasteiger partial charge < -0.3 is 9.47 Å². The topological polar surface area (TPSA) is 104 Å². The van der Waals surface area contributed by atoms with Gasteiger partial charge >= 0.3 is 0 Å². The third kappa shape index (κ3) is 4.71. The molecule has 0 aliphatic heterocycles. The molecule has 34 heavy (non-hydrogen) atoms. The van der Waals surface area contributed by atoms with E-state index in [0.717, 1.165) is 0 Å². The molecule has 10 heteroatoms. The van der Waals surface area contributed by atoms with Crippen LogP contribution >= 0.6 is 11.3 Å². The number of ether oxygens (including phenoxy) is 2. The van der Waals surface area contributed by atoms with Crippen molar-refractivity contribution in [3.63, 3.8) is 0 Å². The lowest BCUT2D eigenvalue weighted by Gasteiger charge is -2.09. The monoisotopic (exact) mass is 479 g/mol. The minimum atomic E-state index is -0.480. The second kappa shape index (κ2) is 9.67. The summed E-state index contributed by atoms with van der Waals surface area (Å²) < 4.78 is 23.9. The van der Waals surface area contributed by atoms with Crippen LogP contribution in [0.1, 0.15) is 10.4 Å². The van der Waals surface area contributed by atoms with E-state index in [2.05, 4.69) is 10.3 Å². The number of nitro groups is 1. The van der Waals surface area contributed by atoms with Crippen molar-refractivity contribution in [1.29, 1.82) is 0 Å². The van der Waals surface area contributed by atoms with Gasteiger partial charge in [-0.1, -0.05) is 11.3 Å². The summed E-state index contributed by atoms with van der Waals surface area (Å²) in [7, 11) is 2.98. The van der Waals surface area contributed by atoms with Gasteiger partial charge in [-0.3, -0.25) is 20.2 Å². The number of anilines is 1. The number of benzene rings is 3. The van der Waals surface area contributed by atoms with E-state index in [0.29, 0.717) is 43.9 Å². The molecular formula is C24H18FN3O5S. The van der Waals surface area contributed by atoms with Crippen molar-refractivity contribution in [2.75, 3.05) is 19.5 Å². The van der Waals surface area contributed by atoms with Crippen LogP contribution < -0.4 is 14.8 Å². The van der Waals surface area contributed by atoms with Crippen LogP contribution in [0.5, 0.6) is 11.5 Å². The zero-order valence-electron chi connectivity index (χ0n) is 18.1. The average molecular weight is 479 g/mol. The number of carbonyl (C=O) groups is 1. The molecule has 0 fully saturated rings. The van der Waals surface area contributed by atoms with Crippen LogP contribution in [0.25, 0.3) is 21.7 Å². The molecule has 0 aliphatic rings. The number of non-ortho nitro benzene ring substituents is 1. The molecule has 4 aromatic rings. The highest BCUT2D eigenvalue weighted by Crippen LogP contribution is 2.40. The van der Waals surface area contributed by atoms with Crippen LogP contribution in [-0.4, -0.2) is 30.0 Å². The van der Waals surface area contributed by atoms with Crippen LogP contribution in [0, 0.1) is 15.9 Å². The molecule has 0 radical (unpaired) electrons. The first kappa shape index (κ1) is 22.9. The van der Waals surface area contributed by atoms with Crippen molar-refractivity contribution in [2.24, 2.45) is 0 Å². The van der Waals surface area contributed by atoms with Gasteiger partial charge in [-0.05, 0) is 60.2 Å². The van der Waals surface area contributed by atoms with Crippen LogP contribution in [0.2, 0.25) is 0 Å². The van der Waals surface area contributed by atoms with Crippen LogP contribution in [0.4, 0.5) is 15.2 Å². The average Bonchev–Trinajstić information content (AvgIpc) is 3.27. The summed E-state index contributed by atoms with van der Waals surface area (Å²) in [5.41, 5.74) is 2.12.